The molecule has 3 aromatic rings. The van der Waals surface area contributed by atoms with E-state index in [2.05, 4.69) is 15.4 Å². The third-order valence-electron chi connectivity index (χ3n) is 4.57. The van der Waals surface area contributed by atoms with E-state index < -0.39 is 12.0 Å². The Hall–Kier alpha value is -2.83. The summed E-state index contributed by atoms with van der Waals surface area (Å²) in [6, 6.07) is 14.3. The van der Waals surface area contributed by atoms with Crippen molar-refractivity contribution in [2.75, 3.05) is 12.4 Å². The molecule has 1 unspecified atom stereocenters. The van der Waals surface area contributed by atoms with E-state index in [1.807, 2.05) is 36.4 Å². The average molecular weight is 415 g/mol. The van der Waals surface area contributed by atoms with Gasteiger partial charge in [-0.25, -0.2) is 9.48 Å². The van der Waals surface area contributed by atoms with Crippen LogP contribution in [-0.4, -0.2) is 27.8 Å². The highest BCUT2D eigenvalue weighted by molar-refractivity contribution is 6.42. The van der Waals surface area contributed by atoms with Gasteiger partial charge in [0.15, 0.2) is 5.82 Å². The number of benzene rings is 2. The molecular formula is C20H16Cl2N4O2. The molecule has 142 valence electrons. The van der Waals surface area contributed by atoms with E-state index in [1.54, 1.807) is 23.7 Å². The molecule has 0 aliphatic carbocycles. The molecule has 6 nitrogen and oxygen atoms in total. The summed E-state index contributed by atoms with van der Waals surface area (Å²) in [6.07, 6.45) is 0. The second kappa shape index (κ2) is 7.30. The zero-order valence-electron chi connectivity index (χ0n) is 15.1. The van der Waals surface area contributed by atoms with Crippen LogP contribution in [0.1, 0.15) is 18.5 Å². The highest BCUT2D eigenvalue weighted by Gasteiger charge is 2.36. The Morgan fingerprint density at radius 1 is 1.14 bits per heavy atom. The fraction of sp³-hybridized carbons (Fsp3) is 0.150. The highest BCUT2D eigenvalue weighted by atomic mass is 35.5. The SMILES string of the molecule is COC(=O)C1=C(C)Nc2nc(-c3ccccc3)nn2C1c1cccc(Cl)c1Cl. The fourth-order valence-electron chi connectivity index (χ4n) is 3.25. The van der Waals surface area contributed by atoms with Crippen LogP contribution in [0.15, 0.2) is 59.8 Å². The Kier molecular flexibility index (Phi) is 4.83. The number of aromatic nitrogens is 3. The first-order valence-corrected chi connectivity index (χ1v) is 9.29. The molecule has 1 atom stereocenters. The van der Waals surface area contributed by atoms with E-state index in [9.17, 15) is 4.79 Å². The largest absolute Gasteiger partial charge is 0.466 e. The maximum atomic E-state index is 12.6. The van der Waals surface area contributed by atoms with Gasteiger partial charge in [0.1, 0.15) is 6.04 Å². The molecule has 0 spiro atoms. The van der Waals surface area contributed by atoms with Crippen LogP contribution in [0, 0.1) is 0 Å². The van der Waals surface area contributed by atoms with E-state index in [1.165, 1.54) is 7.11 Å². The minimum Gasteiger partial charge on any atom is -0.466 e. The monoisotopic (exact) mass is 414 g/mol. The maximum Gasteiger partial charge on any atom is 0.338 e. The predicted molar refractivity (Wildman–Crippen MR) is 108 cm³/mol. The summed E-state index contributed by atoms with van der Waals surface area (Å²) in [7, 11) is 1.34. The number of allylic oxidation sites excluding steroid dienone is 1. The highest BCUT2D eigenvalue weighted by Crippen LogP contribution is 2.41. The van der Waals surface area contributed by atoms with Gasteiger partial charge in [-0.1, -0.05) is 65.7 Å². The molecule has 1 aliphatic rings. The molecule has 0 saturated carbocycles. The maximum absolute atomic E-state index is 12.6. The van der Waals surface area contributed by atoms with Crippen molar-refractivity contribution in [3.63, 3.8) is 0 Å². The number of esters is 1. The standard InChI is InChI=1S/C20H16Cl2N4O2/c1-11-15(19(27)28-2)17(13-9-6-10-14(21)16(13)22)26-20(23-11)24-18(25-26)12-7-4-3-5-8-12/h3-10,17H,1-2H3,(H,23,24,25). The molecule has 28 heavy (non-hydrogen) atoms. The van der Waals surface area contributed by atoms with Crippen molar-refractivity contribution in [1.29, 1.82) is 0 Å². The molecular weight excluding hydrogens is 399 g/mol. The van der Waals surface area contributed by atoms with Gasteiger partial charge in [-0.3, -0.25) is 0 Å². The number of hydrogen-bond donors (Lipinski definition) is 1. The summed E-state index contributed by atoms with van der Waals surface area (Å²) < 4.78 is 6.65. The van der Waals surface area contributed by atoms with Crippen LogP contribution in [0.5, 0.6) is 0 Å². The van der Waals surface area contributed by atoms with E-state index in [0.717, 1.165) is 5.56 Å². The van der Waals surface area contributed by atoms with Gasteiger partial charge >= 0.3 is 5.97 Å². The van der Waals surface area contributed by atoms with Crippen LogP contribution in [0.2, 0.25) is 10.0 Å². The smallest absolute Gasteiger partial charge is 0.338 e. The van der Waals surface area contributed by atoms with Gasteiger partial charge in [0.25, 0.3) is 0 Å². The van der Waals surface area contributed by atoms with E-state index in [-0.39, 0.29) is 0 Å². The third-order valence-corrected chi connectivity index (χ3v) is 5.40. The number of anilines is 1. The Labute approximate surface area is 171 Å². The number of carbonyl (C=O) groups is 1. The second-order valence-corrected chi connectivity index (χ2v) is 7.06. The second-order valence-electron chi connectivity index (χ2n) is 6.27. The lowest BCUT2D eigenvalue weighted by Crippen LogP contribution is -2.29. The first-order chi connectivity index (χ1) is 13.5. The molecule has 0 fully saturated rings. The van der Waals surface area contributed by atoms with E-state index in [0.29, 0.717) is 38.7 Å². The zero-order chi connectivity index (χ0) is 19.8. The summed E-state index contributed by atoms with van der Waals surface area (Å²) in [6.45, 7) is 1.79. The molecule has 0 bridgehead atoms. The van der Waals surface area contributed by atoms with Crippen LogP contribution < -0.4 is 5.32 Å². The topological polar surface area (TPSA) is 69.0 Å². The number of halogens is 2. The van der Waals surface area contributed by atoms with Crippen molar-refractivity contribution >= 4 is 35.1 Å². The number of carbonyl (C=O) groups excluding carboxylic acids is 1. The number of fused-ring (bicyclic) bond motifs is 1. The third kappa shape index (κ3) is 3.04. The lowest BCUT2D eigenvalue weighted by molar-refractivity contribution is -0.136. The lowest BCUT2D eigenvalue weighted by Gasteiger charge is -2.28. The Morgan fingerprint density at radius 3 is 2.61 bits per heavy atom. The Morgan fingerprint density at radius 2 is 1.89 bits per heavy atom. The zero-order valence-corrected chi connectivity index (χ0v) is 16.6. The molecule has 4 rings (SSSR count). The number of methoxy groups -OCH3 is 1. The van der Waals surface area contributed by atoms with Crippen LogP contribution in [0.4, 0.5) is 5.95 Å². The molecule has 1 aromatic heterocycles. The lowest BCUT2D eigenvalue weighted by atomic mass is 9.96. The average Bonchev–Trinajstić information content (AvgIpc) is 3.13. The van der Waals surface area contributed by atoms with Crippen LogP contribution in [0.25, 0.3) is 11.4 Å². The number of rotatable bonds is 3. The molecule has 1 N–H and O–H groups in total. The summed E-state index contributed by atoms with van der Waals surface area (Å²) in [5, 5.41) is 8.54. The summed E-state index contributed by atoms with van der Waals surface area (Å²) in [5.41, 5.74) is 2.51. The first-order valence-electron chi connectivity index (χ1n) is 8.53. The van der Waals surface area contributed by atoms with E-state index >= 15 is 0 Å². The minimum atomic E-state index is -0.625. The summed E-state index contributed by atoms with van der Waals surface area (Å²) in [4.78, 5) is 17.2. The van der Waals surface area contributed by atoms with Crippen molar-refractivity contribution in [1.82, 2.24) is 14.8 Å². The number of hydrogen-bond acceptors (Lipinski definition) is 5. The van der Waals surface area contributed by atoms with Gasteiger partial charge in [-0.05, 0) is 13.0 Å². The molecule has 0 radical (unpaired) electrons. The van der Waals surface area contributed by atoms with Crippen molar-refractivity contribution in [2.45, 2.75) is 13.0 Å². The van der Waals surface area contributed by atoms with E-state index in [4.69, 9.17) is 27.9 Å². The van der Waals surface area contributed by atoms with Crippen LogP contribution in [-0.2, 0) is 9.53 Å². The minimum absolute atomic E-state index is 0.355. The molecule has 0 amide bonds. The Balaban J connectivity index is 1.93. The Bertz CT molecular complexity index is 1090. The van der Waals surface area contributed by atoms with Gasteiger partial charge < -0.3 is 10.1 Å². The van der Waals surface area contributed by atoms with Crippen molar-refractivity contribution in [3.8, 4) is 11.4 Å². The van der Waals surface area contributed by atoms with Crippen molar-refractivity contribution in [2.24, 2.45) is 0 Å². The number of ether oxygens (including phenoxy) is 1. The molecule has 2 heterocycles. The predicted octanol–water partition coefficient (Wildman–Crippen LogP) is 4.71. The molecule has 2 aromatic carbocycles. The van der Waals surface area contributed by atoms with Gasteiger partial charge in [-0.15, -0.1) is 5.10 Å². The van der Waals surface area contributed by atoms with Gasteiger partial charge in [0.05, 0.1) is 22.7 Å². The van der Waals surface area contributed by atoms with Crippen molar-refractivity contribution < 1.29 is 9.53 Å². The fourth-order valence-corrected chi connectivity index (χ4v) is 3.67. The van der Waals surface area contributed by atoms with Gasteiger partial charge in [0.2, 0.25) is 5.95 Å². The molecule has 1 aliphatic heterocycles. The summed E-state index contributed by atoms with van der Waals surface area (Å²) in [5.74, 6) is 0.559. The van der Waals surface area contributed by atoms with Crippen LogP contribution in [0.3, 0.4) is 0 Å². The quantitative estimate of drug-likeness (QED) is 0.628. The molecule has 8 heteroatoms. The normalized spacial score (nSPS) is 15.8. The number of nitrogens with zero attached hydrogens (tertiary/aromatic N) is 3. The van der Waals surface area contributed by atoms with Crippen molar-refractivity contribution in [3.05, 3.63) is 75.4 Å². The summed E-state index contributed by atoms with van der Waals surface area (Å²) >= 11 is 12.7. The van der Waals surface area contributed by atoms with Gasteiger partial charge in [0, 0.05) is 16.8 Å². The van der Waals surface area contributed by atoms with Gasteiger partial charge in [-0.2, -0.15) is 4.98 Å². The van der Waals surface area contributed by atoms with Crippen LogP contribution >= 0.6 is 23.2 Å². The first kappa shape index (κ1) is 18.5. The molecule has 0 saturated heterocycles. The number of nitrogens with one attached hydrogen (secondary N) is 1.